The van der Waals surface area contributed by atoms with Crippen molar-refractivity contribution in [2.24, 2.45) is 0 Å². The van der Waals surface area contributed by atoms with E-state index >= 15 is 0 Å². The fourth-order valence-corrected chi connectivity index (χ4v) is 11.2. The fraction of sp³-hybridized carbons (Fsp3) is 0.0385. The van der Waals surface area contributed by atoms with Gasteiger partial charge in [-0.1, -0.05) is 0 Å². The van der Waals surface area contributed by atoms with Crippen molar-refractivity contribution in [1.29, 1.82) is 0 Å². The molecule has 0 aliphatic carbocycles. The van der Waals surface area contributed by atoms with Gasteiger partial charge in [-0.3, -0.25) is 0 Å². The number of rotatable bonds is 6. The van der Waals surface area contributed by atoms with Gasteiger partial charge in [-0.05, 0) is 0 Å². The van der Waals surface area contributed by atoms with Crippen LogP contribution in [0.1, 0.15) is 0 Å². The van der Waals surface area contributed by atoms with Gasteiger partial charge in [0.1, 0.15) is 0 Å². The Morgan fingerprint density at radius 2 is 0.688 bits per heavy atom. The Morgan fingerprint density at radius 1 is 0.469 bits per heavy atom. The molecule has 0 radical (unpaired) electrons. The molecule has 0 aromatic heterocycles. The van der Waals surface area contributed by atoms with Crippen LogP contribution in [-0.4, -0.2) is 12.4 Å². The summed E-state index contributed by atoms with van der Waals surface area (Å²) in [5.74, 6) is 0. The molecule has 4 rings (SSSR count). The zero-order valence-electron chi connectivity index (χ0n) is 16.9. The zero-order chi connectivity index (χ0) is 22.8. The van der Waals surface area contributed by atoms with Crippen molar-refractivity contribution < 1.29 is 4.79 Å². The van der Waals surface area contributed by atoms with Crippen LogP contribution in [0.5, 0.6) is 0 Å². The van der Waals surface area contributed by atoms with Crippen LogP contribution in [0.15, 0.2) is 97.1 Å². The molecule has 0 N–H and O–H groups in total. The quantitative estimate of drug-likeness (QED) is 0.206. The predicted octanol–water partition coefficient (Wildman–Crippen LogP) is 6.65. The molecule has 0 heterocycles. The third kappa shape index (κ3) is 3.67. The normalized spacial score (nSPS) is 12.7. The van der Waals surface area contributed by atoms with Crippen LogP contribution in [0.4, 0.5) is 0 Å². The van der Waals surface area contributed by atoms with Gasteiger partial charge in [-0.2, -0.15) is 0 Å². The van der Waals surface area contributed by atoms with E-state index in [9.17, 15) is 4.79 Å². The number of hydrogen-bond donors (Lipinski definition) is 0. The fourth-order valence-electron chi connectivity index (χ4n) is 4.55. The predicted molar refractivity (Wildman–Crippen MR) is 142 cm³/mol. The molecule has 0 aliphatic rings. The van der Waals surface area contributed by atoms with Gasteiger partial charge in [-0.15, -0.1) is 0 Å². The van der Waals surface area contributed by atoms with Gasteiger partial charge in [0.05, 0.1) is 0 Å². The minimum absolute atomic E-state index is 0.262. The van der Waals surface area contributed by atoms with Gasteiger partial charge in [0.2, 0.25) is 0 Å². The molecule has 6 heteroatoms. The van der Waals surface area contributed by atoms with Gasteiger partial charge in [0.25, 0.3) is 0 Å². The van der Waals surface area contributed by atoms with Crippen molar-refractivity contribution in [3.05, 3.63) is 117 Å². The van der Waals surface area contributed by atoms with Crippen molar-refractivity contribution >= 4 is 80.5 Å². The van der Waals surface area contributed by atoms with Crippen LogP contribution in [0.2, 0.25) is 20.1 Å². The van der Waals surface area contributed by atoms with Crippen molar-refractivity contribution in [1.82, 2.24) is 0 Å². The molecule has 162 valence electrons. The van der Waals surface area contributed by atoms with Crippen LogP contribution in [0.25, 0.3) is 0 Å². The van der Waals surface area contributed by atoms with E-state index < -0.39 is 6.60 Å². The molecule has 0 unspecified atom stereocenters. The van der Waals surface area contributed by atoms with E-state index in [-0.39, 0.29) is 6.16 Å². The topological polar surface area (TPSA) is 17.1 Å². The molecule has 4 aromatic carbocycles. The molecule has 0 amide bonds. The van der Waals surface area contributed by atoms with E-state index in [0.717, 1.165) is 27.5 Å². The first kappa shape index (κ1) is 23.3. The first-order chi connectivity index (χ1) is 15.4. The minimum atomic E-state index is -3.57. The van der Waals surface area contributed by atoms with Crippen LogP contribution in [0.3, 0.4) is 0 Å². The number of carbonyl (C=O) groups is 1. The summed E-state index contributed by atoms with van der Waals surface area (Å²) < 4.78 is 0. The SMILES string of the molecule is O=CCP(c1ccc(Cl)cc1)(c1ccc(Cl)cc1)(c1ccc(Cl)cc1)c1ccc(Cl)cc1. The van der Waals surface area contributed by atoms with E-state index in [2.05, 4.69) is 0 Å². The number of benzene rings is 4. The standard InChI is InChI=1S/C26H19Cl4OP/c27-19-1-9-23(10-2-19)32(18-17-31,24-11-3-20(28)4-12-24,25-13-5-21(29)6-14-25)26-15-7-22(30)8-16-26/h1-17H,18H2. The Labute approximate surface area is 207 Å². The summed E-state index contributed by atoms with van der Waals surface area (Å²) in [5.41, 5.74) is 0. The monoisotopic (exact) mass is 518 g/mol. The average molecular weight is 520 g/mol. The Bertz CT molecular complexity index is 1040. The molecule has 0 saturated heterocycles. The second-order valence-electron chi connectivity index (χ2n) is 7.56. The molecule has 0 aliphatic heterocycles. The maximum atomic E-state index is 12.5. The van der Waals surface area contributed by atoms with Gasteiger partial charge < -0.3 is 0 Å². The Balaban J connectivity index is 2.28. The molecular formula is C26H19Cl4OP. The maximum absolute atomic E-state index is 12.5. The third-order valence-corrected chi connectivity index (χ3v) is 13.7. The van der Waals surface area contributed by atoms with E-state index in [0.29, 0.717) is 20.1 Å². The number of carbonyl (C=O) groups excluding carboxylic acids is 1. The summed E-state index contributed by atoms with van der Waals surface area (Å²) in [4.78, 5) is 12.5. The Kier molecular flexibility index (Phi) is 6.68. The molecule has 0 saturated carbocycles. The van der Waals surface area contributed by atoms with E-state index in [1.165, 1.54) is 0 Å². The third-order valence-electron chi connectivity index (χ3n) is 6.03. The second-order valence-corrected chi connectivity index (χ2v) is 14.3. The Hall–Kier alpha value is -1.86. The van der Waals surface area contributed by atoms with Crippen LogP contribution < -0.4 is 21.2 Å². The number of aldehydes is 1. The molecule has 0 bridgehead atoms. The summed E-state index contributed by atoms with van der Waals surface area (Å²) in [7, 11) is 0. The first-order valence-electron chi connectivity index (χ1n) is 9.90. The van der Waals surface area contributed by atoms with Crippen LogP contribution in [-0.2, 0) is 4.79 Å². The molecule has 32 heavy (non-hydrogen) atoms. The van der Waals surface area contributed by atoms with Crippen LogP contribution in [0, 0.1) is 0 Å². The summed E-state index contributed by atoms with van der Waals surface area (Å²) in [6.07, 6.45) is 1.27. The first-order valence-corrected chi connectivity index (χ1v) is 13.8. The van der Waals surface area contributed by atoms with Crippen molar-refractivity contribution in [3.8, 4) is 0 Å². The molecule has 0 atom stereocenters. The number of hydrogen-bond acceptors (Lipinski definition) is 1. The summed E-state index contributed by atoms with van der Waals surface area (Å²) in [5, 5.41) is 6.55. The number of halogens is 4. The zero-order valence-corrected chi connectivity index (χ0v) is 20.8. The van der Waals surface area contributed by atoms with Crippen molar-refractivity contribution in [2.45, 2.75) is 0 Å². The van der Waals surface area contributed by atoms with E-state index in [1.54, 1.807) is 0 Å². The Morgan fingerprint density at radius 3 is 0.875 bits per heavy atom. The van der Waals surface area contributed by atoms with E-state index in [4.69, 9.17) is 46.4 Å². The van der Waals surface area contributed by atoms with E-state index in [1.807, 2.05) is 97.1 Å². The van der Waals surface area contributed by atoms with Gasteiger partial charge in [-0.25, -0.2) is 0 Å². The summed E-state index contributed by atoms with van der Waals surface area (Å²) in [6, 6.07) is 31.1. The summed E-state index contributed by atoms with van der Waals surface area (Å²) in [6.45, 7) is -3.57. The molecule has 4 aromatic rings. The molecule has 0 spiro atoms. The van der Waals surface area contributed by atoms with Crippen LogP contribution >= 0.6 is 53.0 Å². The summed E-state index contributed by atoms with van der Waals surface area (Å²) >= 11 is 25.1. The van der Waals surface area contributed by atoms with Gasteiger partial charge in [0.15, 0.2) is 0 Å². The molecular weight excluding hydrogens is 501 g/mol. The van der Waals surface area contributed by atoms with Crippen molar-refractivity contribution in [2.75, 3.05) is 6.16 Å². The van der Waals surface area contributed by atoms with Gasteiger partial charge in [0, 0.05) is 0 Å². The molecule has 0 fully saturated rings. The van der Waals surface area contributed by atoms with Crippen molar-refractivity contribution in [3.63, 3.8) is 0 Å². The molecule has 1 nitrogen and oxygen atoms in total. The van der Waals surface area contributed by atoms with Gasteiger partial charge >= 0.3 is 209 Å². The average Bonchev–Trinajstić information content (AvgIpc) is 2.80. The second kappa shape index (κ2) is 9.18.